The molecule has 1 aliphatic heterocycles. The van der Waals surface area contributed by atoms with E-state index < -0.39 is 5.82 Å². The number of urea groups is 1. The molecular formula is C28H26FN3OS. The van der Waals surface area contributed by atoms with E-state index in [0.717, 1.165) is 24.1 Å². The molecule has 3 heterocycles. The molecule has 0 bridgehead atoms. The summed E-state index contributed by atoms with van der Waals surface area (Å²) in [6, 6.07) is 18.2. The fraction of sp³-hybridized carbons (Fsp3) is 0.250. The summed E-state index contributed by atoms with van der Waals surface area (Å²) in [5.74, 6) is -0.436. The molecule has 0 spiro atoms. The topological polar surface area (TPSA) is 37.3 Å². The summed E-state index contributed by atoms with van der Waals surface area (Å²) in [6.45, 7) is 2.55. The zero-order chi connectivity index (χ0) is 23.2. The number of fused-ring (bicyclic) bond motifs is 5. The number of halogens is 1. The van der Waals surface area contributed by atoms with Gasteiger partial charge in [0.15, 0.2) is 0 Å². The second kappa shape index (κ2) is 8.44. The first-order valence-electron chi connectivity index (χ1n) is 11.8. The van der Waals surface area contributed by atoms with Crippen molar-refractivity contribution >= 4 is 23.1 Å². The summed E-state index contributed by atoms with van der Waals surface area (Å²) in [5.41, 5.74) is 6.09. The third-order valence-corrected chi connectivity index (χ3v) is 8.28. The molecule has 1 unspecified atom stereocenters. The number of aromatic nitrogens is 1. The third kappa shape index (κ3) is 3.53. The van der Waals surface area contributed by atoms with E-state index in [1.54, 1.807) is 18.2 Å². The Morgan fingerprint density at radius 1 is 1.00 bits per heavy atom. The molecule has 172 valence electrons. The van der Waals surface area contributed by atoms with E-state index in [4.69, 9.17) is 0 Å². The standard InChI is InChI=1S/C28H26FN3OS/c1-18-12-14-19(15-13-18)26-24-10-6-16-31(24)27-21(20-7-2-5-11-25(20)34-27)17-32(26)28(33)30-23-9-4-3-8-22(23)29/h3-4,6,8-10,12-16,26H,2,5,7,11,17H2,1H3,(H,30,33). The summed E-state index contributed by atoms with van der Waals surface area (Å²) < 4.78 is 16.7. The highest BCUT2D eigenvalue weighted by Crippen LogP contribution is 2.44. The van der Waals surface area contributed by atoms with E-state index in [9.17, 15) is 9.18 Å². The van der Waals surface area contributed by atoms with Gasteiger partial charge in [-0.05, 0) is 68.0 Å². The summed E-state index contributed by atoms with van der Waals surface area (Å²) in [7, 11) is 0. The number of hydrogen-bond donors (Lipinski definition) is 1. The fourth-order valence-electron chi connectivity index (χ4n) is 5.24. The van der Waals surface area contributed by atoms with Crippen molar-refractivity contribution in [3.05, 3.63) is 106 Å². The minimum atomic E-state index is -0.436. The smallest absolute Gasteiger partial charge is 0.310 e. The Morgan fingerprint density at radius 3 is 2.62 bits per heavy atom. The van der Waals surface area contributed by atoms with Crippen LogP contribution in [0.1, 0.15) is 51.7 Å². The number of amides is 2. The van der Waals surface area contributed by atoms with E-state index in [1.807, 2.05) is 16.2 Å². The molecule has 4 aromatic rings. The Morgan fingerprint density at radius 2 is 1.79 bits per heavy atom. The van der Waals surface area contributed by atoms with Crippen molar-refractivity contribution in [1.29, 1.82) is 0 Å². The number of anilines is 1. The van der Waals surface area contributed by atoms with Crippen molar-refractivity contribution in [3.8, 4) is 5.00 Å². The molecule has 0 saturated carbocycles. The highest BCUT2D eigenvalue weighted by atomic mass is 32.1. The minimum Gasteiger partial charge on any atom is -0.310 e. The Kier molecular flexibility index (Phi) is 5.26. The number of thiophene rings is 1. The molecule has 2 amide bonds. The summed E-state index contributed by atoms with van der Waals surface area (Å²) >= 11 is 1.86. The highest BCUT2D eigenvalue weighted by Gasteiger charge is 2.36. The molecule has 1 aliphatic carbocycles. The number of aryl methyl sites for hydroxylation is 2. The lowest BCUT2D eigenvalue weighted by molar-refractivity contribution is 0.194. The molecule has 34 heavy (non-hydrogen) atoms. The fourth-order valence-corrected chi connectivity index (χ4v) is 6.64. The molecule has 2 aromatic heterocycles. The van der Waals surface area contributed by atoms with Gasteiger partial charge in [0.1, 0.15) is 10.8 Å². The second-order valence-electron chi connectivity index (χ2n) is 9.15. The van der Waals surface area contributed by atoms with Crippen LogP contribution < -0.4 is 5.32 Å². The molecular weight excluding hydrogens is 445 g/mol. The van der Waals surface area contributed by atoms with Crippen molar-refractivity contribution < 1.29 is 9.18 Å². The molecule has 2 aliphatic rings. The molecule has 1 atom stereocenters. The van der Waals surface area contributed by atoms with E-state index in [0.29, 0.717) is 6.54 Å². The maximum atomic E-state index is 14.4. The van der Waals surface area contributed by atoms with Crippen LogP contribution in [0.25, 0.3) is 5.00 Å². The van der Waals surface area contributed by atoms with Gasteiger partial charge in [0.05, 0.1) is 24.0 Å². The van der Waals surface area contributed by atoms with E-state index >= 15 is 0 Å². The number of rotatable bonds is 2. The Bertz CT molecular complexity index is 1370. The molecule has 6 heteroatoms. The van der Waals surface area contributed by atoms with E-state index in [2.05, 4.69) is 59.4 Å². The van der Waals surface area contributed by atoms with Crippen LogP contribution in [0.5, 0.6) is 0 Å². The molecule has 4 nitrogen and oxygen atoms in total. The average Bonchev–Trinajstić information content (AvgIpc) is 3.43. The first kappa shape index (κ1) is 21.2. The largest absolute Gasteiger partial charge is 0.323 e. The number of nitrogens with zero attached hydrogens (tertiary/aromatic N) is 2. The number of para-hydroxylation sites is 1. The van der Waals surface area contributed by atoms with Crippen LogP contribution >= 0.6 is 11.3 Å². The first-order chi connectivity index (χ1) is 16.6. The highest BCUT2D eigenvalue weighted by molar-refractivity contribution is 7.15. The van der Waals surface area contributed by atoms with Crippen LogP contribution in [0.15, 0.2) is 66.9 Å². The van der Waals surface area contributed by atoms with Gasteiger partial charge in [-0.2, -0.15) is 0 Å². The number of carbonyl (C=O) groups is 1. The summed E-state index contributed by atoms with van der Waals surface area (Å²) in [5, 5.41) is 4.06. The van der Waals surface area contributed by atoms with Crippen LogP contribution in [0.4, 0.5) is 14.9 Å². The van der Waals surface area contributed by atoms with Gasteiger partial charge in [-0.25, -0.2) is 9.18 Å². The van der Waals surface area contributed by atoms with Gasteiger partial charge >= 0.3 is 6.03 Å². The van der Waals surface area contributed by atoms with Gasteiger partial charge in [-0.3, -0.25) is 0 Å². The van der Waals surface area contributed by atoms with Crippen LogP contribution in [0.2, 0.25) is 0 Å². The molecule has 0 saturated heterocycles. The van der Waals surface area contributed by atoms with Gasteiger partial charge in [0, 0.05) is 16.6 Å². The Hall–Kier alpha value is -3.38. The summed E-state index contributed by atoms with van der Waals surface area (Å²) in [4.78, 5) is 17.1. The van der Waals surface area contributed by atoms with Gasteiger partial charge in [-0.15, -0.1) is 11.3 Å². The van der Waals surface area contributed by atoms with Crippen molar-refractivity contribution in [1.82, 2.24) is 9.47 Å². The van der Waals surface area contributed by atoms with Crippen molar-refractivity contribution in [3.63, 3.8) is 0 Å². The lowest BCUT2D eigenvalue weighted by atomic mass is 9.95. The maximum Gasteiger partial charge on any atom is 0.323 e. The maximum absolute atomic E-state index is 14.4. The van der Waals surface area contributed by atoms with Gasteiger partial charge in [0.2, 0.25) is 0 Å². The summed E-state index contributed by atoms with van der Waals surface area (Å²) in [6.07, 6.45) is 6.66. The van der Waals surface area contributed by atoms with E-state index in [1.165, 1.54) is 45.5 Å². The minimum absolute atomic E-state index is 0.197. The lowest BCUT2D eigenvalue weighted by Gasteiger charge is -2.31. The molecule has 2 aromatic carbocycles. The molecule has 0 fully saturated rings. The second-order valence-corrected chi connectivity index (χ2v) is 10.2. The zero-order valence-corrected chi connectivity index (χ0v) is 19.9. The first-order valence-corrected chi connectivity index (χ1v) is 12.6. The van der Waals surface area contributed by atoms with Crippen LogP contribution in [0.3, 0.4) is 0 Å². The van der Waals surface area contributed by atoms with Crippen molar-refractivity contribution in [2.75, 3.05) is 5.32 Å². The predicted molar refractivity (Wildman–Crippen MR) is 134 cm³/mol. The molecule has 0 radical (unpaired) electrons. The number of nitrogens with one attached hydrogen (secondary N) is 1. The van der Waals surface area contributed by atoms with Crippen molar-refractivity contribution in [2.24, 2.45) is 0 Å². The number of hydrogen-bond acceptors (Lipinski definition) is 2. The Balaban J connectivity index is 1.51. The van der Waals surface area contributed by atoms with E-state index in [-0.39, 0.29) is 17.8 Å². The third-order valence-electron chi connectivity index (χ3n) is 6.95. The number of carbonyl (C=O) groups excluding carboxylic acids is 1. The lowest BCUT2D eigenvalue weighted by Crippen LogP contribution is -2.38. The predicted octanol–water partition coefficient (Wildman–Crippen LogP) is 7.00. The average molecular weight is 472 g/mol. The monoisotopic (exact) mass is 471 g/mol. The van der Waals surface area contributed by atoms with Gasteiger partial charge in [0.25, 0.3) is 0 Å². The van der Waals surface area contributed by atoms with Crippen LogP contribution in [0, 0.1) is 12.7 Å². The van der Waals surface area contributed by atoms with Crippen molar-refractivity contribution in [2.45, 2.75) is 45.2 Å². The zero-order valence-electron chi connectivity index (χ0n) is 19.1. The van der Waals surface area contributed by atoms with Gasteiger partial charge in [-0.1, -0.05) is 42.0 Å². The van der Waals surface area contributed by atoms with Crippen LogP contribution in [-0.2, 0) is 19.4 Å². The SMILES string of the molecule is Cc1ccc(C2c3cccn3-c3sc4c(c3CN2C(=O)Nc2ccccc2F)CCCC4)cc1. The van der Waals surface area contributed by atoms with Gasteiger partial charge < -0.3 is 14.8 Å². The normalized spacial score (nSPS) is 16.9. The molecule has 1 N–H and O–H groups in total. The number of benzene rings is 2. The van der Waals surface area contributed by atoms with Crippen LogP contribution in [-0.4, -0.2) is 15.5 Å². The Labute approximate surface area is 202 Å². The quantitative estimate of drug-likeness (QED) is 0.336. The molecule has 6 rings (SSSR count).